The van der Waals surface area contributed by atoms with Crippen molar-refractivity contribution in [3.8, 4) is 0 Å². The lowest BCUT2D eigenvalue weighted by Gasteiger charge is -2.06. The summed E-state index contributed by atoms with van der Waals surface area (Å²) in [6.07, 6.45) is 0.757. The van der Waals surface area contributed by atoms with Crippen LogP contribution in [0.25, 0.3) is 0 Å². The molecule has 20 nitrogen and oxygen atoms in total. The molecular weight excluding hydrogens is 654 g/mol. The van der Waals surface area contributed by atoms with E-state index in [2.05, 4.69) is 14.8 Å². The molecule has 2 unspecified atom stereocenters. The number of carbonyl (C=O) groups is 8. The fraction of sp³-hybridized carbons (Fsp3) is 0.714. The maximum Gasteiger partial charge on any atom is 0.324 e. The highest BCUT2D eigenvalue weighted by atomic mass is 16.6. The van der Waals surface area contributed by atoms with Gasteiger partial charge >= 0.3 is 47.8 Å². The molecule has 1 fully saturated rings. The van der Waals surface area contributed by atoms with Crippen molar-refractivity contribution >= 4 is 47.8 Å². The number of rotatable bonds is 15. The molecule has 3 atom stereocenters. The van der Waals surface area contributed by atoms with Gasteiger partial charge in [0.1, 0.15) is 18.9 Å². The number of unbranched alkanes of at least 4 members (excludes halogenated alkanes) is 1. The third kappa shape index (κ3) is 44.0. The maximum atomic E-state index is 11.2. The predicted molar refractivity (Wildman–Crippen MR) is 162 cm³/mol. The van der Waals surface area contributed by atoms with Crippen LogP contribution >= 0.6 is 0 Å². The number of hydrogen-bond donors (Lipinski definition) is 10. The zero-order valence-electron chi connectivity index (χ0n) is 27.5. The standard InChI is InChI=1S/C13H20O8.C5H9NO2.C5H10O3.C3H4O4.2CH4O/c1-9(8-15)6-11(17)21-13(19)7-12(18)20-10(16)4-2-3-5-14;7-5(8)4-2-1-3-6-4;1-4(3-6)2-5(7)8;4-2(5)1-3(6)7;2*1-2/h9,14-15H,2-8H2,1H3;4,6H,1-3H2,(H,7,8);4,6H,2-3H2,1H3,(H,7,8);1H2,(H,4,5)(H,6,7);2*2H,1H3/t;4-;;;;/m.0..../s1. The van der Waals surface area contributed by atoms with Gasteiger partial charge in [-0.3, -0.25) is 38.4 Å². The minimum atomic E-state index is -1.31. The Morgan fingerprint density at radius 1 is 0.646 bits per heavy atom. The van der Waals surface area contributed by atoms with Crippen LogP contribution in [0.1, 0.15) is 71.6 Å². The highest BCUT2D eigenvalue weighted by Gasteiger charge is 2.21. The van der Waals surface area contributed by atoms with Crippen molar-refractivity contribution in [1.82, 2.24) is 5.32 Å². The molecule has 0 saturated carbocycles. The van der Waals surface area contributed by atoms with Gasteiger partial charge in [-0.1, -0.05) is 13.8 Å². The minimum absolute atomic E-state index is 0.0473. The van der Waals surface area contributed by atoms with E-state index in [-0.39, 0.29) is 57.0 Å². The number of hydrogen-bond acceptors (Lipinski definition) is 16. The lowest BCUT2D eigenvalue weighted by atomic mass is 10.1. The molecule has 1 heterocycles. The number of aliphatic hydroxyl groups excluding tert-OH is 5. The molecular formula is C28H51NO19. The van der Waals surface area contributed by atoms with Gasteiger partial charge in [-0.25, -0.2) is 0 Å². The lowest BCUT2D eigenvalue weighted by molar-refractivity contribution is -0.166. The van der Waals surface area contributed by atoms with Crippen LogP contribution in [0.5, 0.6) is 0 Å². The van der Waals surface area contributed by atoms with Crippen LogP contribution in [-0.2, 0) is 47.8 Å². The molecule has 0 bridgehead atoms. The van der Waals surface area contributed by atoms with Crippen molar-refractivity contribution in [3.05, 3.63) is 0 Å². The van der Waals surface area contributed by atoms with E-state index in [4.69, 9.17) is 46.0 Å². The van der Waals surface area contributed by atoms with Gasteiger partial charge in [0.05, 0.1) is 12.8 Å². The first-order valence-electron chi connectivity index (χ1n) is 14.3. The van der Waals surface area contributed by atoms with Gasteiger partial charge < -0.3 is 60.7 Å². The molecule has 0 aromatic heterocycles. The quantitative estimate of drug-likeness (QED) is 0.0519. The van der Waals surface area contributed by atoms with E-state index < -0.39 is 60.6 Å². The predicted octanol–water partition coefficient (Wildman–Crippen LogP) is -1.63. The highest BCUT2D eigenvalue weighted by molar-refractivity contribution is 5.99. The summed E-state index contributed by atoms with van der Waals surface area (Å²) in [6, 6.07) is -0.269. The molecule has 0 spiro atoms. The van der Waals surface area contributed by atoms with Gasteiger partial charge in [0.15, 0.2) is 0 Å². The first-order chi connectivity index (χ1) is 22.5. The number of esters is 4. The maximum absolute atomic E-state index is 11.2. The molecule has 0 aliphatic carbocycles. The smallest absolute Gasteiger partial charge is 0.324 e. The number of ether oxygens (including phenoxy) is 2. The van der Waals surface area contributed by atoms with Crippen LogP contribution in [0, 0.1) is 11.8 Å². The van der Waals surface area contributed by atoms with Crippen LogP contribution in [0.3, 0.4) is 0 Å². The number of aliphatic carboxylic acids is 4. The summed E-state index contributed by atoms with van der Waals surface area (Å²) < 4.78 is 8.68. The van der Waals surface area contributed by atoms with Crippen LogP contribution in [0.15, 0.2) is 0 Å². The molecule has 48 heavy (non-hydrogen) atoms. The largest absolute Gasteiger partial charge is 0.481 e. The van der Waals surface area contributed by atoms with E-state index in [0.29, 0.717) is 12.8 Å². The van der Waals surface area contributed by atoms with Crippen molar-refractivity contribution in [2.45, 2.75) is 77.7 Å². The van der Waals surface area contributed by atoms with Crippen LogP contribution in [0.2, 0.25) is 0 Å². The van der Waals surface area contributed by atoms with E-state index in [9.17, 15) is 38.4 Å². The van der Waals surface area contributed by atoms with Crippen molar-refractivity contribution in [3.63, 3.8) is 0 Å². The molecule has 0 aromatic rings. The van der Waals surface area contributed by atoms with Gasteiger partial charge in [0, 0.05) is 40.5 Å². The van der Waals surface area contributed by atoms with Gasteiger partial charge in [0.2, 0.25) is 0 Å². The summed E-state index contributed by atoms with van der Waals surface area (Å²) in [5.41, 5.74) is 0. The summed E-state index contributed by atoms with van der Waals surface area (Å²) in [7, 11) is 2.00. The Balaban J connectivity index is -0.000000187. The molecule has 1 saturated heterocycles. The first-order valence-corrected chi connectivity index (χ1v) is 14.3. The number of aliphatic hydroxyl groups is 5. The second-order valence-corrected chi connectivity index (χ2v) is 9.38. The third-order valence-electron chi connectivity index (χ3n) is 4.86. The zero-order chi connectivity index (χ0) is 38.7. The Labute approximate surface area is 277 Å². The number of carboxylic acid groups (broad SMARTS) is 4. The van der Waals surface area contributed by atoms with Gasteiger partial charge in [0.25, 0.3) is 0 Å². The summed E-state index contributed by atoms with van der Waals surface area (Å²) in [6.45, 7) is 3.79. The Bertz CT molecular complexity index is 906. The molecule has 10 N–H and O–H groups in total. The Hall–Kier alpha value is -4.08. The zero-order valence-corrected chi connectivity index (χ0v) is 27.5. The lowest BCUT2D eigenvalue weighted by Crippen LogP contribution is -2.29. The van der Waals surface area contributed by atoms with E-state index >= 15 is 0 Å². The molecule has 0 amide bonds. The Kier molecular flexibility index (Phi) is 41.6. The molecule has 282 valence electrons. The van der Waals surface area contributed by atoms with E-state index in [1.165, 1.54) is 0 Å². The third-order valence-corrected chi connectivity index (χ3v) is 4.86. The molecule has 0 radical (unpaired) electrons. The Morgan fingerprint density at radius 2 is 1.10 bits per heavy atom. The second kappa shape index (κ2) is 37.4. The summed E-state index contributed by atoms with van der Waals surface area (Å²) in [5, 5.41) is 74.3. The second-order valence-electron chi connectivity index (χ2n) is 9.38. The monoisotopic (exact) mass is 705 g/mol. The molecule has 1 rings (SSSR count). The van der Waals surface area contributed by atoms with Crippen molar-refractivity contribution < 1.29 is 93.8 Å². The summed E-state index contributed by atoms with van der Waals surface area (Å²) in [5.74, 6) is -8.55. The normalized spacial score (nSPS) is 13.4. The van der Waals surface area contributed by atoms with Crippen LogP contribution < -0.4 is 5.32 Å². The fourth-order valence-electron chi connectivity index (χ4n) is 2.65. The first kappa shape index (κ1) is 53.4. The number of nitrogens with one attached hydrogen (secondary N) is 1. The average molecular weight is 706 g/mol. The van der Waals surface area contributed by atoms with E-state index in [0.717, 1.165) is 33.6 Å². The van der Waals surface area contributed by atoms with Crippen molar-refractivity contribution in [2.24, 2.45) is 11.8 Å². The van der Waals surface area contributed by atoms with Gasteiger partial charge in [-0.15, -0.1) is 0 Å². The van der Waals surface area contributed by atoms with E-state index in [1.807, 2.05) is 0 Å². The molecule has 0 aromatic carbocycles. The number of carboxylic acids is 4. The minimum Gasteiger partial charge on any atom is -0.481 e. The van der Waals surface area contributed by atoms with Crippen molar-refractivity contribution in [2.75, 3.05) is 40.6 Å². The highest BCUT2D eigenvalue weighted by Crippen LogP contribution is 2.05. The molecule has 20 heteroatoms. The molecule has 1 aliphatic heterocycles. The van der Waals surface area contributed by atoms with Gasteiger partial charge in [-0.2, -0.15) is 0 Å². The molecule has 1 aliphatic rings. The van der Waals surface area contributed by atoms with Crippen molar-refractivity contribution in [1.29, 1.82) is 0 Å². The topological polar surface area (TPSA) is 349 Å². The summed E-state index contributed by atoms with van der Waals surface area (Å²) in [4.78, 5) is 83.6. The SMILES string of the molecule is CC(CO)CC(=O)O.CC(CO)CC(=O)OC(=O)CC(=O)OC(=O)CCCCO.CO.CO.O=C(O)CC(=O)O.O=C(O)[C@@H]1CCCN1. The average Bonchev–Trinajstić information content (AvgIpc) is 3.55. The summed E-state index contributed by atoms with van der Waals surface area (Å²) >= 11 is 0. The van der Waals surface area contributed by atoms with Crippen LogP contribution in [0.4, 0.5) is 0 Å². The fourth-order valence-corrected chi connectivity index (χ4v) is 2.65. The van der Waals surface area contributed by atoms with Gasteiger partial charge in [-0.05, 0) is 44.1 Å². The number of carbonyl (C=O) groups excluding carboxylic acids is 4. The van der Waals surface area contributed by atoms with Crippen LogP contribution in [-0.4, -0.2) is 140 Å². The van der Waals surface area contributed by atoms with E-state index in [1.54, 1.807) is 13.8 Å². The Morgan fingerprint density at radius 3 is 1.40 bits per heavy atom.